The van der Waals surface area contributed by atoms with E-state index in [1.54, 1.807) is 0 Å². The summed E-state index contributed by atoms with van der Waals surface area (Å²) in [6, 6.07) is 0.272. The minimum absolute atomic E-state index is 0.0932. The van der Waals surface area contributed by atoms with Gasteiger partial charge in [0, 0.05) is 30.7 Å². The Kier molecular flexibility index (Phi) is 5.74. The van der Waals surface area contributed by atoms with Crippen LogP contribution in [-0.2, 0) is 5.41 Å². The molecule has 0 saturated carbocycles. The Morgan fingerprint density at radius 1 is 1.20 bits per heavy atom. The summed E-state index contributed by atoms with van der Waals surface area (Å²) in [4.78, 5) is 9.27. The molecule has 0 aliphatic heterocycles. The van der Waals surface area contributed by atoms with Crippen LogP contribution in [0.1, 0.15) is 51.9 Å². The number of rotatable bonds is 6. The second-order valence-corrected chi connectivity index (χ2v) is 6.28. The van der Waals surface area contributed by atoms with Gasteiger partial charge in [-0.2, -0.15) is 0 Å². The molecule has 5 heteroatoms. The molecule has 0 fully saturated rings. The molecule has 0 aliphatic rings. The molecule has 1 unspecified atom stereocenters. The molecule has 0 aromatic carbocycles. The molecule has 5 nitrogen and oxygen atoms in total. The van der Waals surface area contributed by atoms with Crippen LogP contribution in [0.3, 0.4) is 0 Å². The van der Waals surface area contributed by atoms with E-state index in [0.29, 0.717) is 0 Å². The van der Waals surface area contributed by atoms with Gasteiger partial charge in [-0.1, -0.05) is 20.8 Å². The van der Waals surface area contributed by atoms with Gasteiger partial charge in [0.1, 0.15) is 17.5 Å². The Morgan fingerprint density at radius 2 is 1.80 bits per heavy atom. The van der Waals surface area contributed by atoms with Crippen LogP contribution < -0.4 is 10.6 Å². The summed E-state index contributed by atoms with van der Waals surface area (Å²) in [7, 11) is 1.88. The summed E-state index contributed by atoms with van der Waals surface area (Å²) in [6.45, 7) is 10.7. The van der Waals surface area contributed by atoms with Crippen molar-refractivity contribution in [1.82, 2.24) is 9.97 Å². The van der Waals surface area contributed by atoms with E-state index >= 15 is 0 Å². The number of nitrogens with zero attached hydrogens (tertiary/aromatic N) is 2. The number of anilines is 2. The molecular formula is C15H28N4O. The minimum atomic E-state index is -0.0932. The predicted octanol–water partition coefficient (Wildman–Crippen LogP) is 2.70. The van der Waals surface area contributed by atoms with E-state index in [9.17, 15) is 0 Å². The molecule has 20 heavy (non-hydrogen) atoms. The van der Waals surface area contributed by atoms with Crippen LogP contribution in [0.25, 0.3) is 0 Å². The largest absolute Gasteiger partial charge is 0.396 e. The Morgan fingerprint density at radius 3 is 2.30 bits per heavy atom. The van der Waals surface area contributed by atoms with Gasteiger partial charge in [-0.15, -0.1) is 0 Å². The van der Waals surface area contributed by atoms with Crippen molar-refractivity contribution >= 4 is 11.6 Å². The minimum Gasteiger partial charge on any atom is -0.396 e. The summed E-state index contributed by atoms with van der Waals surface area (Å²) in [5.74, 6) is 2.56. The van der Waals surface area contributed by atoms with Crippen molar-refractivity contribution in [2.75, 3.05) is 24.3 Å². The molecule has 0 amide bonds. The lowest BCUT2D eigenvalue weighted by Gasteiger charge is -2.22. The number of hydrogen-bond acceptors (Lipinski definition) is 5. The zero-order valence-electron chi connectivity index (χ0n) is 13.5. The maximum absolute atomic E-state index is 8.91. The molecule has 1 heterocycles. The fraction of sp³-hybridized carbons (Fsp3) is 0.733. The number of aliphatic hydroxyl groups is 1. The Balaban J connectivity index is 3.05. The maximum Gasteiger partial charge on any atom is 0.138 e. The van der Waals surface area contributed by atoms with Crippen molar-refractivity contribution in [1.29, 1.82) is 0 Å². The van der Waals surface area contributed by atoms with Gasteiger partial charge in [0.2, 0.25) is 0 Å². The summed E-state index contributed by atoms with van der Waals surface area (Å²) in [5.41, 5.74) is 0.931. The number of aromatic nitrogens is 2. The van der Waals surface area contributed by atoms with E-state index in [2.05, 4.69) is 48.3 Å². The molecule has 0 aliphatic carbocycles. The Bertz CT molecular complexity index is 440. The number of nitrogens with one attached hydrogen (secondary N) is 2. The second-order valence-electron chi connectivity index (χ2n) is 6.28. The van der Waals surface area contributed by atoms with Crippen LogP contribution in [0.4, 0.5) is 11.6 Å². The van der Waals surface area contributed by atoms with Crippen LogP contribution in [-0.4, -0.2) is 34.8 Å². The van der Waals surface area contributed by atoms with Gasteiger partial charge in [-0.05, 0) is 26.7 Å². The first-order valence-corrected chi connectivity index (χ1v) is 7.23. The van der Waals surface area contributed by atoms with Gasteiger partial charge in [0.25, 0.3) is 0 Å². The molecule has 0 bridgehead atoms. The second kappa shape index (κ2) is 6.88. The van der Waals surface area contributed by atoms with E-state index in [-0.39, 0.29) is 18.1 Å². The highest BCUT2D eigenvalue weighted by Crippen LogP contribution is 2.26. The molecule has 1 aromatic rings. The average Bonchev–Trinajstić information content (AvgIpc) is 2.37. The normalized spacial score (nSPS) is 13.2. The summed E-state index contributed by atoms with van der Waals surface area (Å²) < 4.78 is 0. The highest BCUT2D eigenvalue weighted by atomic mass is 16.2. The SMILES string of the molecule is CNc1nc(C(C)(C)C)nc(NC(C)CCCO)c1C. The molecule has 0 radical (unpaired) electrons. The third kappa shape index (κ3) is 4.34. The smallest absolute Gasteiger partial charge is 0.138 e. The highest BCUT2D eigenvalue weighted by Gasteiger charge is 2.21. The molecule has 0 saturated heterocycles. The van der Waals surface area contributed by atoms with Crippen molar-refractivity contribution < 1.29 is 5.11 Å². The first-order chi connectivity index (χ1) is 9.29. The molecule has 1 atom stereocenters. The van der Waals surface area contributed by atoms with Crippen LogP contribution in [0.15, 0.2) is 0 Å². The van der Waals surface area contributed by atoms with Crippen molar-refractivity contribution in [2.45, 2.75) is 58.9 Å². The lowest BCUT2D eigenvalue weighted by Crippen LogP contribution is -2.22. The third-order valence-corrected chi connectivity index (χ3v) is 3.23. The van der Waals surface area contributed by atoms with Gasteiger partial charge < -0.3 is 15.7 Å². The number of hydrogen-bond donors (Lipinski definition) is 3. The van der Waals surface area contributed by atoms with Crippen molar-refractivity contribution in [2.24, 2.45) is 0 Å². The quantitative estimate of drug-likeness (QED) is 0.747. The third-order valence-electron chi connectivity index (χ3n) is 3.23. The molecule has 114 valence electrons. The van der Waals surface area contributed by atoms with E-state index < -0.39 is 0 Å². The van der Waals surface area contributed by atoms with E-state index in [0.717, 1.165) is 35.9 Å². The van der Waals surface area contributed by atoms with E-state index in [1.807, 2.05) is 14.0 Å². The first-order valence-electron chi connectivity index (χ1n) is 7.23. The van der Waals surface area contributed by atoms with Crippen molar-refractivity contribution in [3.8, 4) is 0 Å². The molecule has 0 spiro atoms. The van der Waals surface area contributed by atoms with Gasteiger partial charge in [-0.3, -0.25) is 0 Å². The van der Waals surface area contributed by atoms with E-state index in [4.69, 9.17) is 5.11 Å². The zero-order chi connectivity index (χ0) is 15.3. The van der Waals surface area contributed by atoms with Crippen LogP contribution >= 0.6 is 0 Å². The zero-order valence-corrected chi connectivity index (χ0v) is 13.5. The van der Waals surface area contributed by atoms with Gasteiger partial charge in [0.15, 0.2) is 0 Å². The van der Waals surface area contributed by atoms with Gasteiger partial charge in [-0.25, -0.2) is 9.97 Å². The van der Waals surface area contributed by atoms with Crippen LogP contribution in [0.5, 0.6) is 0 Å². The first kappa shape index (κ1) is 16.7. The lowest BCUT2D eigenvalue weighted by atomic mass is 9.95. The molecule has 3 N–H and O–H groups in total. The standard InChI is InChI=1S/C15H28N4O/c1-10(8-7-9-20)17-13-11(2)12(16-6)18-14(19-13)15(3,4)5/h10,20H,7-9H2,1-6H3,(H2,16,17,18,19). The summed E-state index contributed by atoms with van der Waals surface area (Å²) >= 11 is 0. The fourth-order valence-electron chi connectivity index (χ4n) is 1.94. The topological polar surface area (TPSA) is 70.1 Å². The molecule has 1 rings (SSSR count). The fourth-order valence-corrected chi connectivity index (χ4v) is 1.94. The Hall–Kier alpha value is -1.36. The van der Waals surface area contributed by atoms with Crippen molar-refractivity contribution in [3.05, 3.63) is 11.4 Å². The van der Waals surface area contributed by atoms with Crippen LogP contribution in [0.2, 0.25) is 0 Å². The molecular weight excluding hydrogens is 252 g/mol. The lowest BCUT2D eigenvalue weighted by molar-refractivity contribution is 0.282. The summed E-state index contributed by atoms with van der Waals surface area (Å²) in [6.07, 6.45) is 1.71. The summed E-state index contributed by atoms with van der Waals surface area (Å²) in [5, 5.41) is 15.5. The highest BCUT2D eigenvalue weighted by molar-refractivity contribution is 5.57. The Labute approximate surface area is 122 Å². The average molecular weight is 280 g/mol. The predicted molar refractivity (Wildman–Crippen MR) is 84.4 cm³/mol. The molecule has 1 aromatic heterocycles. The van der Waals surface area contributed by atoms with Crippen molar-refractivity contribution in [3.63, 3.8) is 0 Å². The van der Waals surface area contributed by atoms with Crippen LogP contribution in [0, 0.1) is 6.92 Å². The van der Waals surface area contributed by atoms with Gasteiger partial charge in [0.05, 0.1) is 0 Å². The van der Waals surface area contributed by atoms with E-state index in [1.165, 1.54) is 0 Å². The van der Waals surface area contributed by atoms with Gasteiger partial charge >= 0.3 is 0 Å². The maximum atomic E-state index is 8.91. The number of aliphatic hydroxyl groups excluding tert-OH is 1. The monoisotopic (exact) mass is 280 g/mol.